The Morgan fingerprint density at radius 2 is 2.31 bits per heavy atom. The molecule has 0 bridgehead atoms. The molecule has 1 fully saturated rings. The van der Waals surface area contributed by atoms with Crippen LogP contribution in [0.5, 0.6) is 0 Å². The molecule has 0 amide bonds. The van der Waals surface area contributed by atoms with Crippen molar-refractivity contribution >= 4 is 17.5 Å². The molecule has 0 unspecified atom stereocenters. The Bertz CT molecular complexity index is 405. The maximum Gasteiger partial charge on any atom is 0.329 e. The van der Waals surface area contributed by atoms with Crippen molar-refractivity contribution in [3.05, 3.63) is 16.3 Å². The van der Waals surface area contributed by atoms with Gasteiger partial charge in [-0.1, -0.05) is 0 Å². The summed E-state index contributed by atoms with van der Waals surface area (Å²) in [5.41, 5.74) is -0.0779. The van der Waals surface area contributed by atoms with Gasteiger partial charge in [0.05, 0.1) is 4.92 Å². The van der Waals surface area contributed by atoms with Gasteiger partial charge < -0.3 is 10.6 Å². The predicted molar refractivity (Wildman–Crippen MR) is 59.5 cm³/mol. The van der Waals surface area contributed by atoms with Crippen LogP contribution in [-0.2, 0) is 0 Å². The van der Waals surface area contributed by atoms with Crippen LogP contribution in [0.3, 0.4) is 0 Å². The highest BCUT2D eigenvalue weighted by Gasteiger charge is 2.23. The van der Waals surface area contributed by atoms with Gasteiger partial charge in [0.2, 0.25) is 11.8 Å². The van der Waals surface area contributed by atoms with Gasteiger partial charge in [-0.15, -0.1) is 0 Å². The number of nitrogens with one attached hydrogen (secondary N) is 2. The van der Waals surface area contributed by atoms with Gasteiger partial charge in [-0.05, 0) is 19.3 Å². The molecule has 86 valence electrons. The summed E-state index contributed by atoms with van der Waals surface area (Å²) in [6, 6.07) is 0.304. The number of anilines is 2. The molecule has 1 aliphatic carbocycles. The summed E-state index contributed by atoms with van der Waals surface area (Å²) >= 11 is 0. The quantitative estimate of drug-likeness (QED) is 0.591. The minimum absolute atomic E-state index is 0.0779. The van der Waals surface area contributed by atoms with Crippen molar-refractivity contribution in [1.82, 2.24) is 9.97 Å². The minimum atomic E-state index is -0.472. The van der Waals surface area contributed by atoms with Gasteiger partial charge in [-0.3, -0.25) is 10.1 Å². The first-order valence-corrected chi connectivity index (χ1v) is 5.16. The zero-order valence-electron chi connectivity index (χ0n) is 8.93. The molecule has 7 nitrogen and oxygen atoms in total. The molecule has 0 aliphatic heterocycles. The number of rotatable bonds is 4. The van der Waals surface area contributed by atoms with E-state index in [9.17, 15) is 10.1 Å². The molecule has 2 N–H and O–H groups in total. The number of hydrogen-bond donors (Lipinski definition) is 2. The Morgan fingerprint density at radius 3 is 2.81 bits per heavy atom. The zero-order valence-corrected chi connectivity index (χ0v) is 8.93. The molecule has 0 aromatic carbocycles. The molecule has 1 heterocycles. The topological polar surface area (TPSA) is 93.0 Å². The van der Waals surface area contributed by atoms with E-state index in [1.807, 2.05) is 0 Å². The fourth-order valence-corrected chi connectivity index (χ4v) is 1.48. The molecule has 7 heteroatoms. The average molecular weight is 223 g/mol. The summed E-state index contributed by atoms with van der Waals surface area (Å²) in [5, 5.41) is 16.6. The van der Waals surface area contributed by atoms with Gasteiger partial charge in [0, 0.05) is 13.1 Å². The summed E-state index contributed by atoms with van der Waals surface area (Å²) in [7, 11) is 1.67. The van der Waals surface area contributed by atoms with E-state index < -0.39 is 4.92 Å². The van der Waals surface area contributed by atoms with E-state index in [0.717, 1.165) is 19.3 Å². The lowest BCUT2D eigenvalue weighted by molar-refractivity contribution is -0.384. The van der Waals surface area contributed by atoms with Gasteiger partial charge >= 0.3 is 5.69 Å². The first-order valence-electron chi connectivity index (χ1n) is 5.16. The predicted octanol–water partition coefficient (Wildman–Crippen LogP) is 1.39. The molecule has 0 atom stereocenters. The molecular formula is C9H13N5O2. The Balaban J connectivity index is 2.25. The SMILES string of the molecule is CNc1ncc([N+](=O)[O-])c(NC2CCC2)n1. The van der Waals surface area contributed by atoms with Crippen LogP contribution in [0.4, 0.5) is 17.5 Å². The van der Waals surface area contributed by atoms with Crippen molar-refractivity contribution in [2.24, 2.45) is 0 Å². The highest BCUT2D eigenvalue weighted by molar-refractivity contribution is 5.57. The van der Waals surface area contributed by atoms with E-state index in [-0.39, 0.29) is 5.69 Å². The Morgan fingerprint density at radius 1 is 1.56 bits per heavy atom. The molecule has 16 heavy (non-hydrogen) atoms. The summed E-state index contributed by atoms with van der Waals surface area (Å²) in [4.78, 5) is 18.2. The lowest BCUT2D eigenvalue weighted by Gasteiger charge is -2.26. The van der Waals surface area contributed by atoms with Crippen LogP contribution in [-0.4, -0.2) is 28.0 Å². The monoisotopic (exact) mass is 223 g/mol. The lowest BCUT2D eigenvalue weighted by Crippen LogP contribution is -2.28. The van der Waals surface area contributed by atoms with Crippen molar-refractivity contribution in [3.8, 4) is 0 Å². The van der Waals surface area contributed by atoms with E-state index in [2.05, 4.69) is 20.6 Å². The van der Waals surface area contributed by atoms with Crippen LogP contribution in [0.1, 0.15) is 19.3 Å². The maximum absolute atomic E-state index is 10.8. The van der Waals surface area contributed by atoms with Crippen molar-refractivity contribution in [2.75, 3.05) is 17.7 Å². The molecule has 0 spiro atoms. The number of hydrogen-bond acceptors (Lipinski definition) is 6. The third-order valence-electron chi connectivity index (χ3n) is 2.64. The third-order valence-corrected chi connectivity index (χ3v) is 2.64. The standard InChI is InChI=1S/C9H13N5O2/c1-10-9-11-5-7(14(15)16)8(13-9)12-6-3-2-4-6/h5-6H,2-4H2,1H3,(H2,10,11,12,13). The van der Waals surface area contributed by atoms with E-state index >= 15 is 0 Å². The van der Waals surface area contributed by atoms with Crippen LogP contribution in [0.2, 0.25) is 0 Å². The Labute approximate surface area is 92.4 Å². The Kier molecular flexibility index (Phi) is 2.84. The van der Waals surface area contributed by atoms with Crippen LogP contribution >= 0.6 is 0 Å². The van der Waals surface area contributed by atoms with E-state index in [1.54, 1.807) is 7.05 Å². The normalized spacial score (nSPS) is 15.3. The van der Waals surface area contributed by atoms with Crippen molar-refractivity contribution < 1.29 is 4.92 Å². The molecule has 1 saturated carbocycles. The molecule has 1 aromatic heterocycles. The number of nitro groups is 1. The highest BCUT2D eigenvalue weighted by Crippen LogP contribution is 2.27. The van der Waals surface area contributed by atoms with Crippen LogP contribution in [0, 0.1) is 10.1 Å². The Hall–Kier alpha value is -1.92. The second kappa shape index (κ2) is 4.30. The molecule has 2 rings (SSSR count). The summed E-state index contributed by atoms with van der Waals surface area (Å²) in [5.74, 6) is 0.682. The molecule has 0 saturated heterocycles. The number of aromatic nitrogens is 2. The van der Waals surface area contributed by atoms with Crippen molar-refractivity contribution in [1.29, 1.82) is 0 Å². The fourth-order valence-electron chi connectivity index (χ4n) is 1.48. The van der Waals surface area contributed by atoms with E-state index in [4.69, 9.17) is 0 Å². The zero-order chi connectivity index (χ0) is 11.5. The number of nitrogens with zero attached hydrogens (tertiary/aromatic N) is 3. The third kappa shape index (κ3) is 2.02. The van der Waals surface area contributed by atoms with E-state index in [1.165, 1.54) is 6.20 Å². The average Bonchev–Trinajstić information content (AvgIpc) is 2.22. The van der Waals surface area contributed by atoms with Gasteiger partial charge in [-0.25, -0.2) is 4.98 Å². The summed E-state index contributed by atoms with van der Waals surface area (Å²) < 4.78 is 0. The molecular weight excluding hydrogens is 210 g/mol. The molecule has 0 radical (unpaired) electrons. The largest absolute Gasteiger partial charge is 0.361 e. The van der Waals surface area contributed by atoms with Gasteiger partial charge in [-0.2, -0.15) is 4.98 Å². The van der Waals surface area contributed by atoms with Gasteiger partial charge in [0.25, 0.3) is 0 Å². The maximum atomic E-state index is 10.8. The second-order valence-corrected chi connectivity index (χ2v) is 3.71. The van der Waals surface area contributed by atoms with Gasteiger partial charge in [0.15, 0.2) is 0 Å². The minimum Gasteiger partial charge on any atom is -0.361 e. The second-order valence-electron chi connectivity index (χ2n) is 3.71. The van der Waals surface area contributed by atoms with Crippen LogP contribution in [0.15, 0.2) is 6.20 Å². The fraction of sp³-hybridized carbons (Fsp3) is 0.556. The van der Waals surface area contributed by atoms with Crippen molar-refractivity contribution in [2.45, 2.75) is 25.3 Å². The smallest absolute Gasteiger partial charge is 0.329 e. The van der Waals surface area contributed by atoms with Crippen LogP contribution in [0.25, 0.3) is 0 Å². The van der Waals surface area contributed by atoms with Gasteiger partial charge in [0.1, 0.15) is 6.20 Å². The summed E-state index contributed by atoms with van der Waals surface area (Å²) in [6.07, 6.45) is 4.46. The first kappa shape index (κ1) is 10.6. The molecule has 1 aliphatic rings. The first-order chi connectivity index (χ1) is 7.70. The van der Waals surface area contributed by atoms with E-state index in [0.29, 0.717) is 17.8 Å². The molecule has 1 aromatic rings. The summed E-state index contributed by atoms with van der Waals surface area (Å²) in [6.45, 7) is 0. The van der Waals surface area contributed by atoms with Crippen molar-refractivity contribution in [3.63, 3.8) is 0 Å². The van der Waals surface area contributed by atoms with Crippen LogP contribution < -0.4 is 10.6 Å². The lowest BCUT2D eigenvalue weighted by atomic mass is 9.93. The highest BCUT2D eigenvalue weighted by atomic mass is 16.6.